The van der Waals surface area contributed by atoms with Gasteiger partial charge in [0.15, 0.2) is 5.82 Å². The third kappa shape index (κ3) is 6.74. The van der Waals surface area contributed by atoms with Crippen molar-refractivity contribution in [3.63, 3.8) is 0 Å². The maximum atomic E-state index is 12.5. The largest absolute Gasteiger partial charge is 0.573 e. The van der Waals surface area contributed by atoms with E-state index in [4.69, 9.17) is 5.84 Å². The van der Waals surface area contributed by atoms with E-state index in [1.165, 1.54) is 0 Å². The van der Waals surface area contributed by atoms with Crippen LogP contribution in [0.5, 0.6) is 5.75 Å². The molecule has 0 radical (unpaired) electrons. The summed E-state index contributed by atoms with van der Waals surface area (Å²) in [6.07, 6.45) is -1.31. The second kappa shape index (κ2) is 10.8. The average molecular weight is 525 g/mol. The number of benzene rings is 2. The molecule has 0 atom stereocenters. The van der Waals surface area contributed by atoms with Crippen LogP contribution in [0.3, 0.4) is 0 Å². The number of nitrogens with two attached hydrogens (primary N) is 1. The van der Waals surface area contributed by atoms with Crippen LogP contribution in [0.1, 0.15) is 25.7 Å². The van der Waals surface area contributed by atoms with Crippen molar-refractivity contribution in [1.82, 2.24) is 14.7 Å². The molecule has 36 heavy (non-hydrogen) atoms. The second-order valence-electron chi connectivity index (χ2n) is 8.70. The Morgan fingerprint density at radius 1 is 0.944 bits per heavy atom. The summed E-state index contributed by atoms with van der Waals surface area (Å²) in [6, 6.07) is 11.7. The van der Waals surface area contributed by atoms with Crippen molar-refractivity contribution in [1.29, 1.82) is 0 Å². The highest BCUT2D eigenvalue weighted by Crippen LogP contribution is 2.30. The van der Waals surface area contributed by atoms with E-state index < -0.39 is 22.1 Å². The van der Waals surface area contributed by atoms with Crippen LogP contribution in [0.2, 0.25) is 0 Å². The van der Waals surface area contributed by atoms with Gasteiger partial charge in [0.1, 0.15) is 5.75 Å². The first-order chi connectivity index (χ1) is 17.1. The van der Waals surface area contributed by atoms with Crippen molar-refractivity contribution in [2.45, 2.75) is 36.9 Å². The third-order valence-electron chi connectivity index (χ3n) is 6.18. The fraction of sp³-hybridized carbons (Fsp3) is 0.391. The molecule has 1 aliphatic rings. The summed E-state index contributed by atoms with van der Waals surface area (Å²) in [5, 5.41) is 4.11. The summed E-state index contributed by atoms with van der Waals surface area (Å²) in [6.45, 7) is 0.954. The van der Waals surface area contributed by atoms with E-state index in [0.717, 1.165) is 60.9 Å². The topological polar surface area (TPSA) is 131 Å². The lowest BCUT2D eigenvalue weighted by molar-refractivity contribution is -0.274. The number of nitrogen functional groups attached to an aromatic ring is 1. The lowest BCUT2D eigenvalue weighted by Crippen LogP contribution is -2.32. The molecule has 0 spiro atoms. The molecule has 1 saturated carbocycles. The van der Waals surface area contributed by atoms with E-state index in [1.807, 2.05) is 24.3 Å². The summed E-state index contributed by atoms with van der Waals surface area (Å²) in [7, 11) is -3.84. The molecule has 9 nitrogen and oxygen atoms in total. The van der Waals surface area contributed by atoms with Gasteiger partial charge in [-0.15, -0.1) is 13.2 Å². The summed E-state index contributed by atoms with van der Waals surface area (Å²) >= 11 is 0. The monoisotopic (exact) mass is 524 g/mol. The van der Waals surface area contributed by atoms with E-state index in [2.05, 4.69) is 30.2 Å². The number of halogens is 3. The summed E-state index contributed by atoms with van der Waals surface area (Å²) in [5.41, 5.74) is 3.38. The average Bonchev–Trinajstić information content (AvgIpc) is 2.85. The van der Waals surface area contributed by atoms with Gasteiger partial charge in [-0.1, -0.05) is 12.1 Å². The molecule has 1 fully saturated rings. The first-order valence-corrected chi connectivity index (χ1v) is 12.9. The van der Waals surface area contributed by atoms with Crippen LogP contribution in [-0.2, 0) is 10.0 Å². The van der Waals surface area contributed by atoms with Gasteiger partial charge >= 0.3 is 6.36 Å². The molecule has 2 aromatic carbocycles. The van der Waals surface area contributed by atoms with Crippen molar-refractivity contribution in [2.75, 3.05) is 23.8 Å². The number of alkyl halides is 3. The van der Waals surface area contributed by atoms with E-state index in [0.29, 0.717) is 24.2 Å². The predicted molar refractivity (Wildman–Crippen MR) is 130 cm³/mol. The van der Waals surface area contributed by atoms with Gasteiger partial charge in [0, 0.05) is 18.5 Å². The first-order valence-electron chi connectivity index (χ1n) is 11.5. The van der Waals surface area contributed by atoms with E-state index >= 15 is 0 Å². The van der Waals surface area contributed by atoms with Crippen LogP contribution in [0.25, 0.3) is 10.9 Å². The lowest BCUT2D eigenvalue weighted by atomic mass is 9.82. The SMILES string of the molecule is NNc1nc(NCC2CCC(CNS(=O)(=O)c3ccc(OC(F)(F)F)cc3)CC2)nc2ccccc12. The highest BCUT2D eigenvalue weighted by molar-refractivity contribution is 7.89. The number of rotatable bonds is 9. The molecule has 1 aliphatic carbocycles. The molecule has 1 heterocycles. The number of para-hydroxylation sites is 1. The first kappa shape index (κ1) is 25.9. The number of hydrogen-bond acceptors (Lipinski definition) is 8. The Kier molecular flexibility index (Phi) is 7.81. The number of nitrogens with one attached hydrogen (secondary N) is 3. The predicted octanol–water partition coefficient (Wildman–Crippen LogP) is 4.01. The molecule has 13 heteroatoms. The molecule has 0 bridgehead atoms. The molecular weight excluding hydrogens is 497 g/mol. The maximum absolute atomic E-state index is 12.5. The molecule has 0 amide bonds. The fourth-order valence-corrected chi connectivity index (χ4v) is 5.39. The van der Waals surface area contributed by atoms with Crippen LogP contribution in [0, 0.1) is 11.8 Å². The van der Waals surface area contributed by atoms with E-state index in [1.54, 1.807) is 0 Å². The zero-order valence-electron chi connectivity index (χ0n) is 19.3. The number of fused-ring (bicyclic) bond motifs is 1. The van der Waals surface area contributed by atoms with Crippen LogP contribution in [0.4, 0.5) is 24.9 Å². The lowest BCUT2D eigenvalue weighted by Gasteiger charge is -2.28. The van der Waals surface area contributed by atoms with E-state index in [-0.39, 0.29) is 17.4 Å². The van der Waals surface area contributed by atoms with Crippen molar-refractivity contribution >= 4 is 32.7 Å². The zero-order chi connectivity index (χ0) is 25.8. The molecule has 0 unspecified atom stereocenters. The number of hydrogen-bond donors (Lipinski definition) is 4. The summed E-state index contributed by atoms with van der Waals surface area (Å²) in [4.78, 5) is 8.85. The molecule has 194 valence electrons. The number of sulfonamides is 1. The van der Waals surface area contributed by atoms with Crippen LogP contribution < -0.4 is 26.0 Å². The fourth-order valence-electron chi connectivity index (χ4n) is 4.27. The highest BCUT2D eigenvalue weighted by atomic mass is 32.2. The smallest absolute Gasteiger partial charge is 0.406 e. The minimum atomic E-state index is -4.83. The molecule has 5 N–H and O–H groups in total. The summed E-state index contributed by atoms with van der Waals surface area (Å²) in [5.74, 6) is 6.73. The number of nitrogens with zero attached hydrogens (tertiary/aromatic N) is 2. The van der Waals surface area contributed by atoms with Crippen molar-refractivity contribution < 1.29 is 26.3 Å². The summed E-state index contributed by atoms with van der Waals surface area (Å²) < 4.78 is 68.2. The Morgan fingerprint density at radius 2 is 1.58 bits per heavy atom. The van der Waals surface area contributed by atoms with E-state index in [9.17, 15) is 21.6 Å². The number of aromatic nitrogens is 2. The van der Waals surface area contributed by atoms with Gasteiger partial charge in [0.05, 0.1) is 10.4 Å². The Labute approximate surface area is 206 Å². The molecule has 4 rings (SSSR count). The van der Waals surface area contributed by atoms with Crippen LogP contribution in [-0.4, -0.2) is 37.8 Å². The zero-order valence-corrected chi connectivity index (χ0v) is 20.1. The maximum Gasteiger partial charge on any atom is 0.573 e. The van der Waals surface area contributed by atoms with Crippen molar-refractivity contribution in [2.24, 2.45) is 17.7 Å². The minimum absolute atomic E-state index is 0.114. The number of hydrazine groups is 1. The van der Waals surface area contributed by atoms with Gasteiger partial charge in [-0.2, -0.15) is 4.98 Å². The Hall–Kier alpha value is -3.16. The molecule has 1 aromatic heterocycles. The second-order valence-corrected chi connectivity index (χ2v) is 10.5. The van der Waals surface area contributed by atoms with Gasteiger partial charge in [-0.05, 0) is 73.9 Å². The van der Waals surface area contributed by atoms with Gasteiger partial charge in [-0.3, -0.25) is 0 Å². The van der Waals surface area contributed by atoms with Crippen LogP contribution in [0.15, 0.2) is 53.4 Å². The quantitative estimate of drug-likeness (QED) is 0.244. The third-order valence-corrected chi connectivity index (χ3v) is 7.62. The Balaban J connectivity index is 1.24. The number of ether oxygens (including phenoxy) is 1. The van der Waals surface area contributed by atoms with Gasteiger partial charge in [0.2, 0.25) is 16.0 Å². The Bertz CT molecular complexity index is 1280. The molecular formula is C23H27F3N6O3S. The molecule has 0 aliphatic heterocycles. The minimum Gasteiger partial charge on any atom is -0.406 e. The number of anilines is 2. The molecule has 0 saturated heterocycles. The normalized spacial score (nSPS) is 18.7. The Morgan fingerprint density at radius 3 is 2.22 bits per heavy atom. The van der Waals surface area contributed by atoms with Crippen LogP contribution >= 0.6 is 0 Å². The highest BCUT2D eigenvalue weighted by Gasteiger charge is 2.31. The van der Waals surface area contributed by atoms with Crippen molar-refractivity contribution in [3.8, 4) is 5.75 Å². The molecule has 3 aromatic rings. The van der Waals surface area contributed by atoms with Gasteiger partial charge < -0.3 is 15.5 Å². The van der Waals surface area contributed by atoms with Crippen molar-refractivity contribution in [3.05, 3.63) is 48.5 Å². The van der Waals surface area contributed by atoms with Gasteiger partial charge in [0.25, 0.3) is 0 Å². The standard InChI is InChI=1S/C23H27F3N6O3S/c24-23(25,26)35-17-9-11-18(12-10-17)36(33,34)29-14-16-7-5-15(6-8-16)13-28-22-30-20-4-2-1-3-19(20)21(31-22)32-27/h1-4,9-12,15-16,29H,5-8,13-14,27H2,(H2,28,30,31,32). The van der Waals surface area contributed by atoms with Gasteiger partial charge in [-0.25, -0.2) is 24.0 Å².